The number of rotatable bonds is 11. The Morgan fingerprint density at radius 3 is 1.59 bits per heavy atom. The van der Waals surface area contributed by atoms with Crippen molar-refractivity contribution in [3.8, 4) is 0 Å². The topological polar surface area (TPSA) is 38.7 Å². The molecule has 0 aliphatic heterocycles. The second-order valence-electron chi connectivity index (χ2n) is 8.57. The Balaban J connectivity index is 2.22. The van der Waals surface area contributed by atoms with Crippen LogP contribution in [0.25, 0.3) is 0 Å². The van der Waals surface area contributed by atoms with Gasteiger partial charge in [-0.25, -0.2) is 0 Å². The van der Waals surface area contributed by atoms with Crippen LogP contribution in [0.5, 0.6) is 0 Å². The predicted octanol–water partition coefficient (Wildman–Crippen LogP) is 5.73. The van der Waals surface area contributed by atoms with Gasteiger partial charge in [-0.2, -0.15) is 0 Å². The number of methoxy groups -OCH3 is 1. The fourth-order valence-electron chi connectivity index (χ4n) is 4.68. The first-order valence-electron chi connectivity index (χ1n) is 11.1. The molecule has 0 unspecified atom stereocenters. The van der Waals surface area contributed by atoms with E-state index in [1.54, 1.807) is 13.2 Å². The van der Waals surface area contributed by atoms with Crippen molar-refractivity contribution in [2.75, 3.05) is 13.7 Å². The molecule has 0 heterocycles. The van der Waals surface area contributed by atoms with Gasteiger partial charge < -0.3 is 14.3 Å². The van der Waals surface area contributed by atoms with E-state index in [9.17, 15) is 5.11 Å². The van der Waals surface area contributed by atoms with Crippen LogP contribution < -0.4 is 0 Å². The zero-order valence-corrected chi connectivity index (χ0v) is 20.3. The molecule has 3 aromatic rings. The summed E-state index contributed by atoms with van der Waals surface area (Å²) in [6.07, 6.45) is 1.50. The molecule has 0 aromatic heterocycles. The zero-order valence-electron chi connectivity index (χ0n) is 19.3. The Bertz CT molecular complexity index is 861. The summed E-state index contributed by atoms with van der Waals surface area (Å²) in [5.41, 5.74) is 2.73. The number of hydrogen-bond donors (Lipinski definition) is 1. The van der Waals surface area contributed by atoms with Crippen molar-refractivity contribution >= 4 is 8.32 Å². The molecule has 0 aliphatic carbocycles. The van der Waals surface area contributed by atoms with E-state index in [-0.39, 0.29) is 5.73 Å². The van der Waals surface area contributed by atoms with Crippen molar-refractivity contribution < 1.29 is 14.3 Å². The van der Waals surface area contributed by atoms with Gasteiger partial charge in [-0.1, -0.05) is 97.1 Å². The van der Waals surface area contributed by atoms with Gasteiger partial charge in [0, 0.05) is 13.7 Å². The minimum absolute atomic E-state index is 0.219. The number of ether oxygens (including phenoxy) is 1. The first-order valence-corrected chi connectivity index (χ1v) is 14.1. The largest absolute Gasteiger partial charge is 0.415 e. The minimum atomic E-state index is -2.46. The molecule has 1 N–H and O–H groups in total. The molecule has 0 spiro atoms. The number of hydrogen-bond acceptors (Lipinski definition) is 3. The lowest BCUT2D eigenvalue weighted by Gasteiger charge is -2.47. The molecular weight excluding hydrogens is 412 g/mol. The van der Waals surface area contributed by atoms with Gasteiger partial charge in [0.05, 0.1) is 17.2 Å². The third-order valence-corrected chi connectivity index (χ3v) is 8.99. The van der Waals surface area contributed by atoms with Crippen LogP contribution in [0.3, 0.4) is 0 Å². The molecule has 0 amide bonds. The molecular formula is C28H34O3Si. The quantitative estimate of drug-likeness (QED) is 0.232. The van der Waals surface area contributed by atoms with Gasteiger partial charge in [0.2, 0.25) is 8.32 Å². The van der Waals surface area contributed by atoms with Gasteiger partial charge in [-0.15, -0.1) is 6.58 Å². The van der Waals surface area contributed by atoms with Gasteiger partial charge in [-0.3, -0.25) is 0 Å². The molecule has 2 atom stereocenters. The molecule has 3 rings (SSSR count). The minimum Gasteiger partial charge on any atom is -0.415 e. The van der Waals surface area contributed by atoms with E-state index in [0.29, 0.717) is 13.0 Å². The average molecular weight is 447 g/mol. The van der Waals surface area contributed by atoms with E-state index in [4.69, 9.17) is 9.16 Å². The highest BCUT2D eigenvalue weighted by Gasteiger charge is 2.52. The summed E-state index contributed by atoms with van der Waals surface area (Å²) in [6, 6.07) is 31.7. The molecule has 168 valence electrons. The Morgan fingerprint density at radius 1 is 0.844 bits per heavy atom. The molecule has 3 nitrogen and oxygen atoms in total. The summed E-state index contributed by atoms with van der Waals surface area (Å²) in [4.78, 5) is 0. The van der Waals surface area contributed by atoms with E-state index in [1.165, 1.54) is 16.7 Å². The van der Waals surface area contributed by atoms with Crippen LogP contribution in [0, 0.1) is 0 Å². The molecule has 0 aliphatic rings. The molecule has 32 heavy (non-hydrogen) atoms. The molecule has 0 saturated heterocycles. The van der Waals surface area contributed by atoms with Gasteiger partial charge >= 0.3 is 0 Å². The molecule has 0 radical (unpaired) electrons. The first-order chi connectivity index (χ1) is 15.5. The van der Waals surface area contributed by atoms with Crippen molar-refractivity contribution in [1.29, 1.82) is 0 Å². The highest BCUT2D eigenvalue weighted by Crippen LogP contribution is 2.46. The zero-order chi connectivity index (χ0) is 23.0. The molecule has 0 saturated carbocycles. The third-order valence-electron chi connectivity index (χ3n) is 6.11. The summed E-state index contributed by atoms with van der Waals surface area (Å²) in [5.74, 6) is 0. The van der Waals surface area contributed by atoms with Crippen LogP contribution >= 0.6 is 0 Å². The fraction of sp³-hybridized carbons (Fsp3) is 0.286. The number of aliphatic hydroxyl groups is 1. The first kappa shape index (κ1) is 24.1. The predicted molar refractivity (Wildman–Crippen MR) is 134 cm³/mol. The maximum Gasteiger partial charge on any atom is 0.216 e. The highest BCUT2D eigenvalue weighted by atomic mass is 28.4. The van der Waals surface area contributed by atoms with Crippen LogP contribution in [0.4, 0.5) is 0 Å². The lowest BCUT2D eigenvalue weighted by molar-refractivity contribution is 0.0899. The van der Waals surface area contributed by atoms with Crippen molar-refractivity contribution in [2.24, 2.45) is 0 Å². The normalized spacial score (nSPS) is 14.0. The smallest absolute Gasteiger partial charge is 0.216 e. The van der Waals surface area contributed by atoms with Crippen LogP contribution in [0.2, 0.25) is 13.1 Å². The maximum absolute atomic E-state index is 9.93. The summed E-state index contributed by atoms with van der Waals surface area (Å²) in [5, 5.41) is 9.93. The second-order valence-corrected chi connectivity index (χ2v) is 12.6. The number of aliphatic hydroxyl groups excluding tert-OH is 1. The van der Waals surface area contributed by atoms with Crippen molar-refractivity contribution in [2.45, 2.75) is 36.8 Å². The average Bonchev–Trinajstić information content (AvgIpc) is 2.83. The van der Waals surface area contributed by atoms with Crippen molar-refractivity contribution in [3.63, 3.8) is 0 Å². The van der Waals surface area contributed by atoms with Gasteiger partial charge in [0.25, 0.3) is 0 Å². The van der Waals surface area contributed by atoms with Crippen LogP contribution in [-0.2, 0) is 14.6 Å². The maximum atomic E-state index is 9.93. The Hall–Kier alpha value is -2.50. The lowest BCUT2D eigenvalue weighted by Crippen LogP contribution is -2.59. The SMILES string of the molecule is C=C[C@H](O)CCO[Si](C)(C)[C@@H](OC)C(c1ccccc1)(c1ccccc1)c1ccccc1. The second kappa shape index (κ2) is 10.9. The molecule has 3 aromatic carbocycles. The highest BCUT2D eigenvalue weighted by molar-refractivity contribution is 6.73. The summed E-state index contributed by atoms with van der Waals surface area (Å²) < 4.78 is 12.9. The summed E-state index contributed by atoms with van der Waals surface area (Å²) >= 11 is 0. The molecule has 4 heteroatoms. The molecule has 0 bridgehead atoms. The molecule has 0 fully saturated rings. The van der Waals surface area contributed by atoms with Gasteiger partial charge in [-0.05, 0) is 36.2 Å². The van der Waals surface area contributed by atoms with Crippen LogP contribution in [0.15, 0.2) is 104 Å². The Morgan fingerprint density at radius 2 is 1.25 bits per heavy atom. The summed E-state index contributed by atoms with van der Waals surface area (Å²) in [6.45, 7) is 8.52. The van der Waals surface area contributed by atoms with E-state index >= 15 is 0 Å². The third kappa shape index (κ3) is 4.94. The van der Waals surface area contributed by atoms with Gasteiger partial charge in [0.15, 0.2) is 0 Å². The number of benzene rings is 3. The van der Waals surface area contributed by atoms with Gasteiger partial charge in [0.1, 0.15) is 0 Å². The van der Waals surface area contributed by atoms with E-state index in [0.717, 1.165) is 0 Å². The van der Waals surface area contributed by atoms with E-state index < -0.39 is 19.8 Å². The Kier molecular flexibility index (Phi) is 8.21. The lowest BCUT2D eigenvalue weighted by atomic mass is 9.69. The van der Waals surface area contributed by atoms with E-state index in [1.807, 2.05) is 18.2 Å². The standard InChI is InChI=1S/C28H34O3Si/c1-5-26(29)21-22-31-32(3,4)27(30-2)28(23-15-9-6-10-16-23,24-17-11-7-12-18-24)25-19-13-8-14-20-25/h5-20,26-27,29H,1,21-22H2,2-4H3/t26-,27+/m0/s1. The Labute approximate surface area is 193 Å². The summed E-state index contributed by atoms with van der Waals surface area (Å²) in [7, 11) is -0.681. The fourth-order valence-corrected chi connectivity index (χ4v) is 7.58. The van der Waals surface area contributed by atoms with Crippen LogP contribution in [0.1, 0.15) is 23.1 Å². The van der Waals surface area contributed by atoms with Crippen molar-refractivity contribution in [3.05, 3.63) is 120 Å². The van der Waals surface area contributed by atoms with Crippen LogP contribution in [-0.4, -0.2) is 39.0 Å². The monoisotopic (exact) mass is 446 g/mol. The van der Waals surface area contributed by atoms with E-state index in [2.05, 4.69) is 92.5 Å². The van der Waals surface area contributed by atoms with Crippen molar-refractivity contribution in [1.82, 2.24) is 0 Å².